The number of hydrogen-bond donors (Lipinski definition) is 2. The van der Waals surface area contributed by atoms with E-state index in [1.165, 1.54) is 18.9 Å². The standard InChI is InChI=1S/C16H18ClN5O3S/c1-25-12-5-4-10(6-11(12)17)19-14(24)8-26-16-21-20-15(9-2-3-9)22(16)7-13(18)23/h4-6,9H,2-3,7-8H2,1H3,(H2,18,23)(H,19,24). The van der Waals surface area contributed by atoms with Gasteiger partial charge in [-0.05, 0) is 31.0 Å². The Morgan fingerprint density at radius 2 is 2.19 bits per heavy atom. The topological polar surface area (TPSA) is 112 Å². The molecule has 0 aliphatic heterocycles. The third kappa shape index (κ3) is 4.47. The number of nitrogens with zero attached hydrogens (tertiary/aromatic N) is 3. The fourth-order valence-electron chi connectivity index (χ4n) is 2.43. The smallest absolute Gasteiger partial charge is 0.237 e. The maximum Gasteiger partial charge on any atom is 0.237 e. The highest BCUT2D eigenvalue weighted by atomic mass is 35.5. The van der Waals surface area contributed by atoms with E-state index in [0.29, 0.717) is 27.5 Å². The molecular formula is C16H18ClN5O3S. The first kappa shape index (κ1) is 18.5. The van der Waals surface area contributed by atoms with Crippen LogP contribution in [0.25, 0.3) is 0 Å². The Kier molecular flexibility index (Phi) is 5.67. The Morgan fingerprint density at radius 3 is 2.81 bits per heavy atom. The number of aromatic nitrogens is 3. The number of halogens is 1. The van der Waals surface area contributed by atoms with Crippen LogP contribution in [0, 0.1) is 0 Å². The van der Waals surface area contributed by atoms with Crippen LogP contribution in [0.1, 0.15) is 24.6 Å². The molecule has 1 saturated carbocycles. The molecule has 1 heterocycles. The first-order valence-electron chi connectivity index (χ1n) is 7.95. The lowest BCUT2D eigenvalue weighted by molar-refractivity contribution is -0.118. The molecule has 1 aromatic carbocycles. The first-order chi connectivity index (χ1) is 12.5. The Balaban J connectivity index is 1.62. The molecule has 0 spiro atoms. The van der Waals surface area contributed by atoms with Gasteiger partial charge in [0, 0.05) is 11.6 Å². The predicted molar refractivity (Wildman–Crippen MR) is 98.5 cm³/mol. The SMILES string of the molecule is COc1ccc(NC(=O)CSc2nnc(C3CC3)n2CC(N)=O)cc1Cl. The number of thioether (sulfide) groups is 1. The van der Waals surface area contributed by atoms with Gasteiger partial charge in [0.05, 0.1) is 17.9 Å². The summed E-state index contributed by atoms with van der Waals surface area (Å²) in [4.78, 5) is 23.5. The monoisotopic (exact) mass is 395 g/mol. The van der Waals surface area contributed by atoms with Crippen LogP contribution in [0.5, 0.6) is 5.75 Å². The molecule has 1 aromatic heterocycles. The van der Waals surface area contributed by atoms with Crippen LogP contribution in [-0.2, 0) is 16.1 Å². The highest BCUT2D eigenvalue weighted by Gasteiger charge is 2.31. The lowest BCUT2D eigenvalue weighted by atomic mass is 10.3. The van der Waals surface area contributed by atoms with E-state index in [2.05, 4.69) is 15.5 Å². The van der Waals surface area contributed by atoms with Crippen LogP contribution < -0.4 is 15.8 Å². The molecule has 0 radical (unpaired) electrons. The zero-order chi connectivity index (χ0) is 18.7. The Bertz CT molecular complexity index is 837. The summed E-state index contributed by atoms with van der Waals surface area (Å²) in [7, 11) is 1.52. The summed E-state index contributed by atoms with van der Waals surface area (Å²) < 4.78 is 6.77. The number of benzene rings is 1. The van der Waals surface area contributed by atoms with E-state index in [9.17, 15) is 9.59 Å². The lowest BCUT2D eigenvalue weighted by Gasteiger charge is -2.09. The van der Waals surface area contributed by atoms with Crippen LogP contribution >= 0.6 is 23.4 Å². The van der Waals surface area contributed by atoms with Crippen molar-refractivity contribution in [3.8, 4) is 5.75 Å². The van der Waals surface area contributed by atoms with Crippen LogP contribution in [0.3, 0.4) is 0 Å². The number of ether oxygens (including phenoxy) is 1. The van der Waals surface area contributed by atoms with Gasteiger partial charge in [0.1, 0.15) is 18.1 Å². The highest BCUT2D eigenvalue weighted by Crippen LogP contribution is 2.40. The van der Waals surface area contributed by atoms with Gasteiger partial charge < -0.3 is 15.8 Å². The third-order valence-corrected chi connectivity index (χ3v) is 5.03. The Morgan fingerprint density at radius 1 is 1.42 bits per heavy atom. The Hall–Kier alpha value is -2.26. The number of anilines is 1. The average molecular weight is 396 g/mol. The van der Waals surface area contributed by atoms with E-state index >= 15 is 0 Å². The third-order valence-electron chi connectivity index (χ3n) is 3.77. The van der Waals surface area contributed by atoms with E-state index < -0.39 is 5.91 Å². The highest BCUT2D eigenvalue weighted by molar-refractivity contribution is 7.99. The summed E-state index contributed by atoms with van der Waals surface area (Å²) in [6, 6.07) is 4.99. The first-order valence-corrected chi connectivity index (χ1v) is 9.32. The summed E-state index contributed by atoms with van der Waals surface area (Å²) in [5.74, 6) is 1.04. The van der Waals surface area contributed by atoms with Crippen molar-refractivity contribution in [2.75, 3.05) is 18.2 Å². The Labute approximate surface area is 159 Å². The van der Waals surface area contributed by atoms with Crippen LogP contribution in [-0.4, -0.2) is 39.4 Å². The predicted octanol–water partition coefficient (Wildman–Crippen LogP) is 2.03. The van der Waals surface area contributed by atoms with Crippen molar-refractivity contribution in [3.63, 3.8) is 0 Å². The van der Waals surface area contributed by atoms with E-state index in [-0.39, 0.29) is 18.2 Å². The number of carbonyl (C=O) groups excluding carboxylic acids is 2. The molecule has 0 bridgehead atoms. The minimum absolute atomic E-state index is 0.0108. The molecule has 1 aliphatic rings. The average Bonchev–Trinajstić information content (AvgIpc) is 3.35. The fraction of sp³-hybridized carbons (Fsp3) is 0.375. The molecule has 0 saturated heterocycles. The van der Waals surface area contributed by atoms with Gasteiger partial charge >= 0.3 is 0 Å². The summed E-state index contributed by atoms with van der Waals surface area (Å²) in [5.41, 5.74) is 5.88. The van der Waals surface area contributed by atoms with Gasteiger partial charge in [-0.3, -0.25) is 14.2 Å². The van der Waals surface area contributed by atoms with Gasteiger partial charge in [-0.25, -0.2) is 0 Å². The number of primary amides is 1. The number of rotatable bonds is 8. The van der Waals surface area contributed by atoms with Gasteiger partial charge in [0.25, 0.3) is 0 Å². The molecular weight excluding hydrogens is 378 g/mol. The van der Waals surface area contributed by atoms with E-state index in [1.807, 2.05) is 0 Å². The van der Waals surface area contributed by atoms with Crippen molar-refractivity contribution in [2.24, 2.45) is 5.73 Å². The molecule has 3 N–H and O–H groups in total. The summed E-state index contributed by atoms with van der Waals surface area (Å²) in [6.45, 7) is 0.0108. The molecule has 138 valence electrons. The van der Waals surface area contributed by atoms with Gasteiger partial charge in [-0.15, -0.1) is 10.2 Å². The van der Waals surface area contributed by atoms with Crippen LogP contribution in [0.2, 0.25) is 5.02 Å². The molecule has 1 fully saturated rings. The van der Waals surface area contributed by atoms with Crippen LogP contribution in [0.15, 0.2) is 23.4 Å². The van der Waals surface area contributed by atoms with Gasteiger partial charge in [0.2, 0.25) is 11.8 Å². The maximum absolute atomic E-state index is 12.2. The van der Waals surface area contributed by atoms with Gasteiger partial charge in [0.15, 0.2) is 5.16 Å². The fourth-order valence-corrected chi connectivity index (χ4v) is 3.43. The van der Waals surface area contributed by atoms with Crippen molar-refractivity contribution in [2.45, 2.75) is 30.5 Å². The zero-order valence-corrected chi connectivity index (χ0v) is 15.6. The number of amides is 2. The second-order valence-corrected chi connectivity index (χ2v) is 7.20. The summed E-state index contributed by atoms with van der Waals surface area (Å²) >= 11 is 7.25. The van der Waals surface area contributed by atoms with Crippen molar-refractivity contribution in [3.05, 3.63) is 29.0 Å². The molecule has 3 rings (SSSR count). The zero-order valence-electron chi connectivity index (χ0n) is 14.1. The van der Waals surface area contributed by atoms with Crippen molar-refractivity contribution in [1.29, 1.82) is 0 Å². The molecule has 0 atom stereocenters. The number of nitrogens with two attached hydrogens (primary N) is 1. The largest absolute Gasteiger partial charge is 0.495 e. The second-order valence-electron chi connectivity index (χ2n) is 5.85. The van der Waals surface area contributed by atoms with Crippen molar-refractivity contribution >= 4 is 40.9 Å². The summed E-state index contributed by atoms with van der Waals surface area (Å²) in [6.07, 6.45) is 2.06. The maximum atomic E-state index is 12.2. The van der Waals surface area contributed by atoms with Crippen LogP contribution in [0.4, 0.5) is 5.69 Å². The quantitative estimate of drug-likeness (QED) is 0.661. The minimum atomic E-state index is -0.467. The number of carbonyl (C=O) groups is 2. The normalized spacial score (nSPS) is 13.5. The number of nitrogens with one attached hydrogen (secondary N) is 1. The summed E-state index contributed by atoms with van der Waals surface area (Å²) in [5, 5.41) is 11.9. The molecule has 10 heteroatoms. The molecule has 0 unspecified atom stereocenters. The molecule has 2 amide bonds. The molecule has 8 nitrogen and oxygen atoms in total. The van der Waals surface area contributed by atoms with Crippen molar-refractivity contribution in [1.82, 2.24) is 14.8 Å². The molecule has 1 aliphatic carbocycles. The molecule has 26 heavy (non-hydrogen) atoms. The van der Waals surface area contributed by atoms with Gasteiger partial charge in [-0.2, -0.15) is 0 Å². The van der Waals surface area contributed by atoms with E-state index in [1.54, 1.807) is 22.8 Å². The van der Waals surface area contributed by atoms with E-state index in [0.717, 1.165) is 18.7 Å². The van der Waals surface area contributed by atoms with Crippen molar-refractivity contribution < 1.29 is 14.3 Å². The lowest BCUT2D eigenvalue weighted by Crippen LogP contribution is -2.21. The second kappa shape index (κ2) is 7.96. The van der Waals surface area contributed by atoms with Gasteiger partial charge in [-0.1, -0.05) is 23.4 Å². The number of methoxy groups -OCH3 is 1. The minimum Gasteiger partial charge on any atom is -0.495 e. The number of hydrogen-bond acceptors (Lipinski definition) is 6. The molecule has 2 aromatic rings. The van der Waals surface area contributed by atoms with E-state index in [4.69, 9.17) is 22.1 Å².